The maximum atomic E-state index is 13.9. The van der Waals surface area contributed by atoms with E-state index in [1.54, 1.807) is 12.1 Å². The summed E-state index contributed by atoms with van der Waals surface area (Å²) in [5.74, 6) is -1.73. The number of carbonyl (C=O) groups is 2. The summed E-state index contributed by atoms with van der Waals surface area (Å²) >= 11 is 1.04. The first-order valence-electron chi connectivity index (χ1n) is 6.45. The van der Waals surface area contributed by atoms with Crippen LogP contribution in [0.3, 0.4) is 0 Å². The molecule has 0 saturated heterocycles. The molecule has 0 aliphatic heterocycles. The normalized spacial score (nSPS) is 10.8. The van der Waals surface area contributed by atoms with Crippen LogP contribution in [0, 0.1) is 5.82 Å². The number of benzene rings is 1. The standard InChI is InChI=1S/C14H15FN2O3S/c1-2-17-11(18)7-16-6-8-12-9(15)4-3-5-10(12)21-13(8)14(19)20/h3-5,16H,2,6-7H2,1H3,(H,17,18)(H,19,20). The lowest BCUT2D eigenvalue weighted by atomic mass is 10.1. The smallest absolute Gasteiger partial charge is 0.346 e. The van der Waals surface area contributed by atoms with Crippen LogP contribution in [0.4, 0.5) is 4.39 Å². The molecule has 0 aliphatic carbocycles. The molecule has 0 fully saturated rings. The Morgan fingerprint density at radius 3 is 2.81 bits per heavy atom. The molecule has 1 aromatic carbocycles. The average Bonchev–Trinajstić information content (AvgIpc) is 2.79. The minimum atomic E-state index is -1.09. The van der Waals surface area contributed by atoms with Gasteiger partial charge in [0.15, 0.2) is 0 Å². The lowest BCUT2D eigenvalue weighted by Gasteiger charge is -2.06. The van der Waals surface area contributed by atoms with Crippen molar-refractivity contribution in [3.05, 3.63) is 34.5 Å². The molecule has 0 radical (unpaired) electrons. The number of fused-ring (bicyclic) bond motifs is 1. The Hall–Kier alpha value is -1.99. The monoisotopic (exact) mass is 310 g/mol. The quantitative estimate of drug-likeness (QED) is 0.762. The lowest BCUT2D eigenvalue weighted by molar-refractivity contribution is -0.120. The molecule has 0 unspecified atom stereocenters. The highest BCUT2D eigenvalue weighted by Crippen LogP contribution is 2.33. The maximum Gasteiger partial charge on any atom is 0.346 e. The van der Waals surface area contributed by atoms with Crippen LogP contribution in [0.15, 0.2) is 18.2 Å². The Kier molecular flexibility index (Phi) is 4.87. The number of amides is 1. The van der Waals surface area contributed by atoms with Gasteiger partial charge in [-0.3, -0.25) is 4.79 Å². The second kappa shape index (κ2) is 6.64. The summed E-state index contributed by atoms with van der Waals surface area (Å²) in [5, 5.41) is 15.0. The van der Waals surface area contributed by atoms with Crippen molar-refractivity contribution in [2.75, 3.05) is 13.1 Å². The molecule has 0 bridgehead atoms. The summed E-state index contributed by atoms with van der Waals surface area (Å²) in [6.07, 6.45) is 0. The van der Waals surface area contributed by atoms with Crippen molar-refractivity contribution >= 4 is 33.3 Å². The molecule has 0 saturated carbocycles. The number of carbonyl (C=O) groups excluding carboxylic acids is 1. The van der Waals surface area contributed by atoms with Crippen LogP contribution in [0.1, 0.15) is 22.2 Å². The van der Waals surface area contributed by atoms with Crippen LogP contribution >= 0.6 is 11.3 Å². The van der Waals surface area contributed by atoms with Crippen molar-refractivity contribution in [3.63, 3.8) is 0 Å². The summed E-state index contributed by atoms with van der Waals surface area (Å²) < 4.78 is 14.5. The number of rotatable bonds is 6. The van der Waals surface area contributed by atoms with Gasteiger partial charge in [-0.25, -0.2) is 9.18 Å². The van der Waals surface area contributed by atoms with Crippen molar-refractivity contribution in [2.45, 2.75) is 13.5 Å². The predicted octanol–water partition coefficient (Wildman–Crippen LogP) is 1.96. The molecule has 0 atom stereocenters. The summed E-state index contributed by atoms with van der Waals surface area (Å²) in [4.78, 5) is 22.7. The highest BCUT2D eigenvalue weighted by molar-refractivity contribution is 7.21. The van der Waals surface area contributed by atoms with Crippen LogP contribution in [-0.2, 0) is 11.3 Å². The number of aromatic carboxylic acids is 1. The van der Waals surface area contributed by atoms with E-state index in [1.807, 2.05) is 6.92 Å². The molecule has 7 heteroatoms. The zero-order valence-corrected chi connectivity index (χ0v) is 12.2. The highest BCUT2D eigenvalue weighted by Gasteiger charge is 2.19. The topological polar surface area (TPSA) is 78.4 Å². The Labute approximate surface area is 124 Å². The zero-order chi connectivity index (χ0) is 15.4. The van der Waals surface area contributed by atoms with Gasteiger partial charge in [0.1, 0.15) is 10.7 Å². The van der Waals surface area contributed by atoms with Gasteiger partial charge in [-0.1, -0.05) is 6.07 Å². The largest absolute Gasteiger partial charge is 0.477 e. The Morgan fingerprint density at radius 2 is 2.14 bits per heavy atom. The lowest BCUT2D eigenvalue weighted by Crippen LogP contribution is -2.33. The molecule has 112 valence electrons. The first-order chi connectivity index (χ1) is 10.0. The maximum absolute atomic E-state index is 13.9. The fraction of sp³-hybridized carbons (Fsp3) is 0.286. The van der Waals surface area contributed by atoms with Crippen LogP contribution < -0.4 is 10.6 Å². The van der Waals surface area contributed by atoms with Gasteiger partial charge in [0.2, 0.25) is 5.91 Å². The van der Waals surface area contributed by atoms with E-state index in [2.05, 4.69) is 10.6 Å². The minimum absolute atomic E-state index is 0.0543. The molecule has 1 heterocycles. The van der Waals surface area contributed by atoms with E-state index in [0.29, 0.717) is 22.2 Å². The number of nitrogens with one attached hydrogen (secondary N) is 2. The molecule has 1 amide bonds. The Bertz CT molecular complexity index is 684. The van der Waals surface area contributed by atoms with Crippen LogP contribution in [0.5, 0.6) is 0 Å². The van der Waals surface area contributed by atoms with E-state index in [-0.39, 0.29) is 23.9 Å². The summed E-state index contributed by atoms with van der Waals surface area (Å²) in [5.41, 5.74) is 0.380. The number of carboxylic acid groups (broad SMARTS) is 1. The number of hydrogen-bond donors (Lipinski definition) is 3. The first-order valence-corrected chi connectivity index (χ1v) is 7.26. The average molecular weight is 310 g/mol. The van der Waals surface area contributed by atoms with E-state index in [4.69, 9.17) is 0 Å². The number of halogens is 1. The molecule has 5 nitrogen and oxygen atoms in total. The third-order valence-corrected chi connectivity index (χ3v) is 4.10. The number of likely N-dealkylation sites (N-methyl/N-ethyl adjacent to an activating group) is 1. The second-order valence-corrected chi connectivity index (χ2v) is 5.44. The van der Waals surface area contributed by atoms with E-state index in [1.165, 1.54) is 6.07 Å². The summed E-state index contributed by atoms with van der Waals surface area (Å²) in [7, 11) is 0. The van der Waals surface area contributed by atoms with E-state index >= 15 is 0 Å². The van der Waals surface area contributed by atoms with Gasteiger partial charge in [-0.2, -0.15) is 0 Å². The van der Waals surface area contributed by atoms with Gasteiger partial charge in [0, 0.05) is 28.7 Å². The van der Waals surface area contributed by atoms with Crippen LogP contribution in [0.25, 0.3) is 10.1 Å². The van der Waals surface area contributed by atoms with E-state index in [0.717, 1.165) is 11.3 Å². The van der Waals surface area contributed by atoms with Crippen molar-refractivity contribution in [1.29, 1.82) is 0 Å². The van der Waals surface area contributed by atoms with Gasteiger partial charge in [0.05, 0.1) is 6.54 Å². The third kappa shape index (κ3) is 3.37. The van der Waals surface area contributed by atoms with Crippen LogP contribution in [0.2, 0.25) is 0 Å². The van der Waals surface area contributed by atoms with Crippen molar-refractivity contribution in [1.82, 2.24) is 10.6 Å². The fourth-order valence-electron chi connectivity index (χ4n) is 2.07. The molecule has 2 aromatic rings. The number of carboxylic acids is 1. The van der Waals surface area contributed by atoms with Gasteiger partial charge in [-0.15, -0.1) is 11.3 Å². The third-order valence-electron chi connectivity index (χ3n) is 2.92. The molecule has 3 N–H and O–H groups in total. The fourth-order valence-corrected chi connectivity index (χ4v) is 3.14. The SMILES string of the molecule is CCNC(=O)CNCc1c(C(=O)O)sc2cccc(F)c12. The number of thiophene rings is 1. The van der Waals surface area contributed by atoms with E-state index < -0.39 is 11.8 Å². The second-order valence-electron chi connectivity index (χ2n) is 4.38. The molecule has 21 heavy (non-hydrogen) atoms. The summed E-state index contributed by atoms with van der Waals surface area (Å²) in [6.45, 7) is 2.51. The molecule has 2 rings (SSSR count). The predicted molar refractivity (Wildman–Crippen MR) is 79.1 cm³/mol. The Balaban J connectivity index is 2.26. The van der Waals surface area contributed by atoms with Gasteiger partial charge in [-0.05, 0) is 19.1 Å². The molecular formula is C14H15FN2O3S. The Morgan fingerprint density at radius 1 is 1.38 bits per heavy atom. The zero-order valence-electron chi connectivity index (χ0n) is 11.4. The van der Waals surface area contributed by atoms with Gasteiger partial charge < -0.3 is 15.7 Å². The van der Waals surface area contributed by atoms with Gasteiger partial charge >= 0.3 is 5.97 Å². The molecule has 0 spiro atoms. The van der Waals surface area contributed by atoms with Crippen molar-refractivity contribution in [2.24, 2.45) is 0 Å². The van der Waals surface area contributed by atoms with Gasteiger partial charge in [0.25, 0.3) is 0 Å². The van der Waals surface area contributed by atoms with E-state index in [9.17, 15) is 19.1 Å². The molecule has 0 aliphatic rings. The highest BCUT2D eigenvalue weighted by atomic mass is 32.1. The minimum Gasteiger partial charge on any atom is -0.477 e. The summed E-state index contributed by atoms with van der Waals surface area (Å²) in [6, 6.07) is 4.53. The molecule has 1 aromatic heterocycles. The number of hydrogen-bond acceptors (Lipinski definition) is 4. The first kappa shape index (κ1) is 15.4. The van der Waals surface area contributed by atoms with Crippen molar-refractivity contribution in [3.8, 4) is 0 Å². The van der Waals surface area contributed by atoms with Crippen LogP contribution in [-0.4, -0.2) is 30.1 Å². The molecular weight excluding hydrogens is 295 g/mol. The van der Waals surface area contributed by atoms with Crippen molar-refractivity contribution < 1.29 is 19.1 Å².